The third-order valence-electron chi connectivity index (χ3n) is 10.4. The molecule has 9 atom stereocenters. The van der Waals surface area contributed by atoms with Crippen LogP contribution < -0.4 is 5.73 Å². The van der Waals surface area contributed by atoms with E-state index < -0.39 is 11.9 Å². The van der Waals surface area contributed by atoms with Crippen molar-refractivity contribution in [1.29, 1.82) is 0 Å². The summed E-state index contributed by atoms with van der Waals surface area (Å²) in [7, 11) is 0. The highest BCUT2D eigenvalue weighted by molar-refractivity contribution is 5.73. The monoisotopic (exact) mass is 407 g/mol. The molecule has 0 heterocycles. The van der Waals surface area contributed by atoms with Gasteiger partial charge in [0.2, 0.25) is 5.91 Å². The first-order chi connectivity index (χ1) is 13.5. The summed E-state index contributed by atoms with van der Waals surface area (Å²) in [6.07, 6.45) is 8.31. The molecule has 4 fully saturated rings. The summed E-state index contributed by atoms with van der Waals surface area (Å²) in [5, 5.41) is 30.9. The van der Waals surface area contributed by atoms with Gasteiger partial charge in [0, 0.05) is 12.8 Å². The zero-order valence-corrected chi connectivity index (χ0v) is 18.4. The lowest BCUT2D eigenvalue weighted by Gasteiger charge is -2.62. The maximum absolute atomic E-state index is 11.3. The fourth-order valence-electron chi connectivity index (χ4n) is 8.81. The maximum atomic E-state index is 11.3. The summed E-state index contributed by atoms with van der Waals surface area (Å²) in [6, 6.07) is 0. The molecule has 0 radical (unpaired) electrons. The number of carbonyl (C=O) groups excluding carboxylic acids is 1. The van der Waals surface area contributed by atoms with Crippen molar-refractivity contribution < 1.29 is 20.1 Å². The molecule has 4 aliphatic rings. The average Bonchev–Trinajstić information content (AvgIpc) is 2.98. The number of hydrogen-bond acceptors (Lipinski definition) is 4. The van der Waals surface area contributed by atoms with Gasteiger partial charge in [0.1, 0.15) is 6.10 Å². The first-order valence-corrected chi connectivity index (χ1v) is 11.9. The van der Waals surface area contributed by atoms with Crippen molar-refractivity contribution in [2.75, 3.05) is 0 Å². The second-order valence-electron chi connectivity index (χ2n) is 11.7. The van der Waals surface area contributed by atoms with Gasteiger partial charge in [0.25, 0.3) is 0 Å². The standard InChI is InChI=1S/C24H41NO4/c1-14(4-9-21(25)27)17-7-8-18-16-6-5-15-12-24(28,29)20(26)13-23(15,3)19(16)10-11-22(17,18)2/h14-20,26,28-29H,4-13H2,1-3H3,(H2,25,27)/t14-,15?,16+,17-,18+,19+,20?,22-,23+/m1/s1. The average molecular weight is 408 g/mol. The first-order valence-electron chi connectivity index (χ1n) is 11.9. The molecule has 0 aliphatic heterocycles. The lowest BCUT2D eigenvalue weighted by molar-refractivity contribution is -0.284. The summed E-state index contributed by atoms with van der Waals surface area (Å²) in [5.74, 6) is 1.34. The van der Waals surface area contributed by atoms with E-state index in [1.807, 2.05) is 0 Å². The Morgan fingerprint density at radius 3 is 2.41 bits per heavy atom. The van der Waals surface area contributed by atoms with Gasteiger partial charge in [-0.25, -0.2) is 0 Å². The van der Waals surface area contributed by atoms with Crippen molar-refractivity contribution in [3.8, 4) is 0 Å². The molecule has 0 saturated heterocycles. The molecule has 0 aromatic rings. The van der Waals surface area contributed by atoms with Crippen molar-refractivity contribution in [2.45, 2.75) is 96.9 Å². The summed E-state index contributed by atoms with van der Waals surface area (Å²) in [6.45, 7) is 7.13. The SMILES string of the molecule is C[C@H](CCC(N)=O)[C@H]1CC[C@H]2[C@@H]3CCC4CC(O)(O)C(O)C[C@]4(C)[C@H]3CC[C@]12C. The van der Waals surface area contributed by atoms with E-state index in [1.54, 1.807) is 0 Å². The third-order valence-corrected chi connectivity index (χ3v) is 10.4. The van der Waals surface area contributed by atoms with E-state index in [-0.39, 0.29) is 17.2 Å². The Bertz CT molecular complexity index is 651. The number of primary amides is 1. The smallest absolute Gasteiger partial charge is 0.217 e. The molecule has 5 nitrogen and oxygen atoms in total. The fraction of sp³-hybridized carbons (Fsp3) is 0.958. The van der Waals surface area contributed by atoms with Gasteiger partial charge in [-0.3, -0.25) is 4.79 Å². The zero-order chi connectivity index (χ0) is 21.2. The van der Waals surface area contributed by atoms with Gasteiger partial charge in [-0.05, 0) is 97.7 Å². The van der Waals surface area contributed by atoms with Crippen LogP contribution in [0.4, 0.5) is 0 Å². The van der Waals surface area contributed by atoms with Crippen LogP contribution in [0.3, 0.4) is 0 Å². The highest BCUT2D eigenvalue weighted by Gasteiger charge is 2.63. The van der Waals surface area contributed by atoms with Crippen LogP contribution in [0.25, 0.3) is 0 Å². The summed E-state index contributed by atoms with van der Waals surface area (Å²) >= 11 is 0. The van der Waals surface area contributed by atoms with Gasteiger partial charge in [-0.2, -0.15) is 0 Å². The normalized spacial score (nSPS) is 49.6. The van der Waals surface area contributed by atoms with Crippen LogP contribution in [-0.2, 0) is 4.79 Å². The molecular weight excluding hydrogens is 366 g/mol. The van der Waals surface area contributed by atoms with E-state index in [0.29, 0.717) is 54.3 Å². The van der Waals surface area contributed by atoms with E-state index >= 15 is 0 Å². The highest BCUT2D eigenvalue weighted by atomic mass is 16.5. The second kappa shape index (κ2) is 7.20. The molecule has 0 aromatic heterocycles. The van der Waals surface area contributed by atoms with E-state index in [2.05, 4.69) is 20.8 Å². The Hall–Kier alpha value is -0.650. The Morgan fingerprint density at radius 1 is 1.03 bits per heavy atom. The number of amides is 1. The summed E-state index contributed by atoms with van der Waals surface area (Å²) in [5.41, 5.74) is 5.75. The minimum absolute atomic E-state index is 0.00823. The molecular formula is C24H41NO4. The first kappa shape index (κ1) is 21.6. The Labute approximate surface area is 175 Å². The van der Waals surface area contributed by atoms with Gasteiger partial charge in [-0.1, -0.05) is 20.8 Å². The number of aliphatic hydroxyl groups is 3. The zero-order valence-electron chi connectivity index (χ0n) is 18.4. The molecule has 5 heteroatoms. The summed E-state index contributed by atoms with van der Waals surface area (Å²) < 4.78 is 0. The van der Waals surface area contributed by atoms with Crippen molar-refractivity contribution in [2.24, 2.45) is 52.1 Å². The largest absolute Gasteiger partial charge is 0.388 e. The van der Waals surface area contributed by atoms with Crippen molar-refractivity contribution >= 4 is 5.91 Å². The van der Waals surface area contributed by atoms with E-state index in [1.165, 1.54) is 32.1 Å². The van der Waals surface area contributed by atoms with Crippen molar-refractivity contribution in [1.82, 2.24) is 0 Å². The van der Waals surface area contributed by atoms with Crippen LogP contribution in [0.2, 0.25) is 0 Å². The number of rotatable bonds is 4. The molecule has 5 N–H and O–H groups in total. The Balaban J connectivity index is 1.53. The van der Waals surface area contributed by atoms with Gasteiger partial charge in [0.15, 0.2) is 5.79 Å². The Morgan fingerprint density at radius 2 is 1.72 bits per heavy atom. The molecule has 166 valence electrons. The summed E-state index contributed by atoms with van der Waals surface area (Å²) in [4.78, 5) is 11.3. The number of hydrogen-bond donors (Lipinski definition) is 4. The minimum Gasteiger partial charge on any atom is -0.388 e. The van der Waals surface area contributed by atoms with Gasteiger partial charge in [0.05, 0.1) is 0 Å². The molecule has 29 heavy (non-hydrogen) atoms. The molecule has 4 saturated carbocycles. The number of nitrogens with two attached hydrogens (primary N) is 1. The van der Waals surface area contributed by atoms with E-state index in [4.69, 9.17) is 5.73 Å². The lowest BCUT2D eigenvalue weighted by Crippen LogP contribution is -2.60. The van der Waals surface area contributed by atoms with E-state index in [9.17, 15) is 20.1 Å². The molecule has 0 spiro atoms. The van der Waals surface area contributed by atoms with Gasteiger partial charge < -0.3 is 21.1 Å². The lowest BCUT2D eigenvalue weighted by atomic mass is 9.44. The molecule has 0 bridgehead atoms. The number of carbonyl (C=O) groups is 1. The Kier molecular flexibility index (Phi) is 5.36. The predicted octanol–water partition coefficient (Wildman–Crippen LogP) is 3.20. The predicted molar refractivity (Wildman–Crippen MR) is 111 cm³/mol. The number of fused-ring (bicyclic) bond motifs is 5. The van der Waals surface area contributed by atoms with Crippen LogP contribution in [0.1, 0.15) is 85.0 Å². The van der Waals surface area contributed by atoms with Crippen molar-refractivity contribution in [3.63, 3.8) is 0 Å². The van der Waals surface area contributed by atoms with Crippen molar-refractivity contribution in [3.05, 3.63) is 0 Å². The van der Waals surface area contributed by atoms with Crippen LogP contribution >= 0.6 is 0 Å². The van der Waals surface area contributed by atoms with E-state index in [0.717, 1.165) is 12.8 Å². The van der Waals surface area contributed by atoms with Gasteiger partial charge in [-0.15, -0.1) is 0 Å². The molecule has 4 aliphatic carbocycles. The fourth-order valence-corrected chi connectivity index (χ4v) is 8.81. The maximum Gasteiger partial charge on any atom is 0.217 e. The second-order valence-corrected chi connectivity index (χ2v) is 11.7. The molecule has 2 unspecified atom stereocenters. The minimum atomic E-state index is -1.92. The number of aliphatic hydroxyl groups excluding tert-OH is 1. The van der Waals surface area contributed by atoms with Crippen LogP contribution in [0.5, 0.6) is 0 Å². The van der Waals surface area contributed by atoms with Gasteiger partial charge >= 0.3 is 0 Å². The quantitative estimate of drug-likeness (QED) is 0.537. The topological polar surface area (TPSA) is 104 Å². The highest BCUT2D eigenvalue weighted by Crippen LogP contribution is 2.68. The molecule has 4 rings (SSSR count). The van der Waals surface area contributed by atoms with Crippen LogP contribution in [0, 0.1) is 46.3 Å². The van der Waals surface area contributed by atoms with Crippen LogP contribution in [-0.4, -0.2) is 33.1 Å². The van der Waals surface area contributed by atoms with Crippen LogP contribution in [0.15, 0.2) is 0 Å². The molecule has 1 amide bonds. The third kappa shape index (κ3) is 3.36. The molecule has 0 aromatic carbocycles.